The molecule has 1 atom stereocenters. The molecule has 0 aliphatic rings. The molecule has 102 valence electrons. The summed E-state index contributed by atoms with van der Waals surface area (Å²) in [6, 6.07) is 17.0. The van der Waals surface area contributed by atoms with E-state index in [1.54, 1.807) is 24.3 Å². The number of hydrogen-bond acceptors (Lipinski definition) is 2. The topological polar surface area (TPSA) is 37.3 Å². The Bertz CT molecular complexity index is 422. The maximum Gasteiger partial charge on any atom is 0.179 e. The molecule has 2 aromatic rings. The Morgan fingerprint density at radius 3 is 1.94 bits per heavy atom. The Hall–Kier alpha value is -1.41. The summed E-state index contributed by atoms with van der Waals surface area (Å²) in [4.78, 5) is 11.2. The van der Waals surface area contributed by atoms with Crippen molar-refractivity contribution in [3.05, 3.63) is 72.8 Å². The van der Waals surface area contributed by atoms with Gasteiger partial charge in [0.2, 0.25) is 0 Å². The minimum Gasteiger partial charge on any atom is -0.748 e. The number of carbonyl (C=O) groups excluding carboxylic acids is 1. The summed E-state index contributed by atoms with van der Waals surface area (Å²) >= 11 is 0. The fourth-order valence-electron chi connectivity index (χ4n) is 1.36. The third kappa shape index (κ3) is 4.46. The normalized spacial score (nSPS) is 12.3. The van der Waals surface area contributed by atoms with E-state index in [4.69, 9.17) is 0 Å². The molecule has 0 radical (unpaired) electrons. The number of hydrogen-bond donors (Lipinski definition) is 1. The molecule has 2 nitrogen and oxygen atoms in total. The molecule has 0 aromatic heterocycles. The van der Waals surface area contributed by atoms with Crippen LogP contribution in [-0.2, 0) is 27.5 Å². The molecule has 18 heavy (non-hydrogen) atoms. The van der Waals surface area contributed by atoms with Gasteiger partial charge in [0.1, 0.15) is 5.60 Å². The molecule has 0 saturated carbocycles. The van der Waals surface area contributed by atoms with E-state index in [2.05, 4.69) is 6.58 Å². The van der Waals surface area contributed by atoms with Gasteiger partial charge in [-0.3, -0.25) is 4.79 Å². The van der Waals surface area contributed by atoms with Crippen molar-refractivity contribution in [2.45, 2.75) is 12.5 Å². The van der Waals surface area contributed by atoms with E-state index in [-0.39, 0.29) is 22.9 Å². The van der Waals surface area contributed by atoms with Crippen molar-refractivity contribution in [3.63, 3.8) is 0 Å². The molecular formula is C15H16FeO2-6. The molecular weight excluding hydrogens is 268 g/mol. The Labute approximate surface area is 118 Å². The average molecular weight is 284 g/mol. The summed E-state index contributed by atoms with van der Waals surface area (Å²) in [5, 5.41) is 9.72. The van der Waals surface area contributed by atoms with Gasteiger partial charge in [0, 0.05) is 17.1 Å². The minimum atomic E-state index is -1.43. The van der Waals surface area contributed by atoms with Crippen molar-refractivity contribution < 1.29 is 27.0 Å². The van der Waals surface area contributed by atoms with Gasteiger partial charge in [-0.15, -0.1) is 5.56 Å². The summed E-state index contributed by atoms with van der Waals surface area (Å²) in [7, 11) is 0. The second-order valence-electron chi connectivity index (χ2n) is 3.78. The van der Waals surface area contributed by atoms with Gasteiger partial charge in [-0.2, -0.15) is 12.1 Å². The molecule has 2 rings (SSSR count). The van der Waals surface area contributed by atoms with Gasteiger partial charge < -0.3 is 35.4 Å². The van der Waals surface area contributed by atoms with Crippen molar-refractivity contribution in [2.24, 2.45) is 0 Å². The van der Waals surface area contributed by atoms with Crippen LogP contribution in [0.3, 0.4) is 0 Å². The SMILES string of the molecule is C=CC(=O)C(C)(O)[c-]1cccc1.[Fe].[cH-]1[cH-][cH-][cH-][cH-]1. The molecule has 2 aromatic carbocycles. The van der Waals surface area contributed by atoms with Crippen LogP contribution in [0.2, 0.25) is 0 Å². The van der Waals surface area contributed by atoms with Crippen LogP contribution in [0.25, 0.3) is 0 Å². The second kappa shape index (κ2) is 7.83. The summed E-state index contributed by atoms with van der Waals surface area (Å²) < 4.78 is 0. The van der Waals surface area contributed by atoms with Gasteiger partial charge >= 0.3 is 0 Å². The van der Waals surface area contributed by atoms with Gasteiger partial charge in [0.05, 0.1) is 0 Å². The van der Waals surface area contributed by atoms with E-state index in [0.29, 0.717) is 5.56 Å². The molecule has 1 unspecified atom stereocenters. The molecule has 0 aliphatic heterocycles. The van der Waals surface area contributed by atoms with Crippen LogP contribution in [0, 0.1) is 0 Å². The van der Waals surface area contributed by atoms with Crippen LogP contribution in [0.1, 0.15) is 12.5 Å². The van der Waals surface area contributed by atoms with E-state index in [1.807, 2.05) is 30.3 Å². The Morgan fingerprint density at radius 1 is 1.22 bits per heavy atom. The van der Waals surface area contributed by atoms with Gasteiger partial charge in [-0.05, 0) is 13.0 Å². The van der Waals surface area contributed by atoms with Crippen LogP contribution >= 0.6 is 0 Å². The Kier molecular flexibility index (Phi) is 7.21. The zero-order valence-electron chi connectivity index (χ0n) is 10.2. The maximum absolute atomic E-state index is 11.2. The predicted octanol–water partition coefficient (Wildman–Crippen LogP) is 2.77. The number of carbonyl (C=O) groups is 1. The molecule has 0 fully saturated rings. The van der Waals surface area contributed by atoms with E-state index < -0.39 is 5.60 Å². The van der Waals surface area contributed by atoms with Crippen molar-refractivity contribution in [3.8, 4) is 0 Å². The molecule has 0 saturated heterocycles. The largest absolute Gasteiger partial charge is 0.748 e. The smallest absolute Gasteiger partial charge is 0.179 e. The second-order valence-corrected chi connectivity index (χ2v) is 3.78. The third-order valence-electron chi connectivity index (χ3n) is 2.45. The maximum atomic E-state index is 11.2. The summed E-state index contributed by atoms with van der Waals surface area (Å²) in [6.07, 6.45) is 1.13. The molecule has 0 heterocycles. The van der Waals surface area contributed by atoms with Crippen molar-refractivity contribution in [1.82, 2.24) is 0 Å². The van der Waals surface area contributed by atoms with Crippen LogP contribution in [0.15, 0.2) is 67.3 Å². The van der Waals surface area contributed by atoms with E-state index in [1.165, 1.54) is 6.92 Å². The summed E-state index contributed by atoms with van der Waals surface area (Å²) in [6.45, 7) is 4.79. The number of aliphatic hydroxyl groups is 1. The van der Waals surface area contributed by atoms with E-state index >= 15 is 0 Å². The van der Waals surface area contributed by atoms with Crippen LogP contribution in [0.5, 0.6) is 0 Å². The molecule has 0 amide bonds. The molecule has 0 spiro atoms. The van der Waals surface area contributed by atoms with Crippen LogP contribution < -0.4 is 0 Å². The first-order valence-corrected chi connectivity index (χ1v) is 5.37. The first kappa shape index (κ1) is 16.6. The van der Waals surface area contributed by atoms with Crippen molar-refractivity contribution in [1.29, 1.82) is 0 Å². The standard InChI is InChI=1S/C10H11O2.C5H5.Fe/c1-3-9(11)10(2,12)8-6-4-5-7-8;1-2-4-5-3-1;/h3-7,12H,1H2,2H3;1-5H;/q-1;-5;. The Morgan fingerprint density at radius 2 is 1.61 bits per heavy atom. The third-order valence-corrected chi connectivity index (χ3v) is 2.45. The van der Waals surface area contributed by atoms with Crippen LogP contribution in [0.4, 0.5) is 0 Å². The molecule has 0 bridgehead atoms. The first-order chi connectivity index (χ1) is 8.09. The summed E-state index contributed by atoms with van der Waals surface area (Å²) in [5.74, 6) is -0.381. The van der Waals surface area contributed by atoms with Gasteiger partial charge in [-0.1, -0.05) is 6.58 Å². The van der Waals surface area contributed by atoms with E-state index in [9.17, 15) is 9.90 Å². The van der Waals surface area contributed by atoms with Gasteiger partial charge in [-0.25, -0.2) is 12.1 Å². The van der Waals surface area contributed by atoms with Gasteiger partial charge in [0.15, 0.2) is 5.78 Å². The fraction of sp³-hybridized carbons (Fsp3) is 0.133. The van der Waals surface area contributed by atoms with Gasteiger partial charge in [0.25, 0.3) is 0 Å². The van der Waals surface area contributed by atoms with E-state index in [0.717, 1.165) is 6.08 Å². The molecule has 3 heteroatoms. The van der Waals surface area contributed by atoms with Crippen LogP contribution in [-0.4, -0.2) is 10.9 Å². The molecule has 1 N–H and O–H groups in total. The zero-order chi connectivity index (χ0) is 12.7. The van der Waals surface area contributed by atoms with Crippen molar-refractivity contribution in [2.75, 3.05) is 0 Å². The summed E-state index contributed by atoms with van der Waals surface area (Å²) in [5.41, 5.74) is -0.821. The molecule has 0 aliphatic carbocycles. The number of rotatable bonds is 3. The average Bonchev–Trinajstić information content (AvgIpc) is 3.01. The quantitative estimate of drug-likeness (QED) is 0.534. The zero-order valence-corrected chi connectivity index (χ0v) is 11.3. The fourth-order valence-corrected chi connectivity index (χ4v) is 1.36. The monoisotopic (exact) mass is 284 g/mol. The predicted molar refractivity (Wildman–Crippen MR) is 68.8 cm³/mol. The minimum absolute atomic E-state index is 0. The number of ketones is 1. The Balaban J connectivity index is 0.000000405. The van der Waals surface area contributed by atoms with Crippen molar-refractivity contribution >= 4 is 5.78 Å². The first-order valence-electron chi connectivity index (χ1n) is 5.37.